The molecule has 3 aliphatic rings. The highest BCUT2D eigenvalue weighted by molar-refractivity contribution is 5.87. The molecule has 0 N–H and O–H groups in total. The molecule has 2 aromatic rings. The second-order valence-corrected chi connectivity index (χ2v) is 13.6. The Bertz CT molecular complexity index is 1440. The Balaban J connectivity index is 1.68. The summed E-state index contributed by atoms with van der Waals surface area (Å²) < 4.78 is 0. The van der Waals surface area contributed by atoms with E-state index in [1.54, 1.807) is 0 Å². The lowest BCUT2D eigenvalue weighted by atomic mass is 9.41. The van der Waals surface area contributed by atoms with E-state index in [-0.39, 0.29) is 16.2 Å². The fraction of sp³-hybridized carbons (Fsp3) is 0.421. The van der Waals surface area contributed by atoms with Gasteiger partial charge in [0.2, 0.25) is 0 Å². The van der Waals surface area contributed by atoms with Crippen molar-refractivity contribution in [3.63, 3.8) is 0 Å². The van der Waals surface area contributed by atoms with Gasteiger partial charge >= 0.3 is 0 Å². The van der Waals surface area contributed by atoms with Gasteiger partial charge in [-0.2, -0.15) is 0 Å². The third-order valence-corrected chi connectivity index (χ3v) is 10.8. The molecule has 0 aliphatic heterocycles. The van der Waals surface area contributed by atoms with Crippen molar-refractivity contribution in [2.24, 2.45) is 16.2 Å². The Morgan fingerprint density at radius 3 is 2.24 bits per heavy atom. The van der Waals surface area contributed by atoms with Gasteiger partial charge in [-0.3, -0.25) is 0 Å². The number of fused-ring (bicyclic) bond motifs is 3. The Kier molecular flexibility index (Phi) is 6.22. The molecule has 0 radical (unpaired) electrons. The fourth-order valence-electron chi connectivity index (χ4n) is 9.10. The fourth-order valence-corrected chi connectivity index (χ4v) is 9.10. The van der Waals surface area contributed by atoms with Gasteiger partial charge in [-0.05, 0) is 120 Å². The van der Waals surface area contributed by atoms with Crippen LogP contribution in [-0.4, -0.2) is 0 Å². The third-order valence-electron chi connectivity index (χ3n) is 10.8. The topological polar surface area (TPSA) is 0 Å². The Hall–Kier alpha value is -2.86. The van der Waals surface area contributed by atoms with E-state index in [1.165, 1.54) is 61.3 Å². The van der Waals surface area contributed by atoms with Crippen molar-refractivity contribution in [1.82, 2.24) is 0 Å². The standard InChI is InChI=1S/C38H46/c1-23(2)33-26(5)20-37(10)22-36(9)21-32-31(25(4)19-30-15-13-12-14-16-30)18-17-24(3)34(32)27(6)35(36)29(8)38(37,11)28(33)7/h12-18,25H,1,6-7,19-22H2,2-5,8-11H3/t25?,36-,37+,38-/m1/s1. The lowest BCUT2D eigenvalue weighted by Gasteiger charge is -2.62. The number of allylic oxidation sites excluding steroid dienone is 7. The van der Waals surface area contributed by atoms with Crippen molar-refractivity contribution >= 4 is 5.57 Å². The van der Waals surface area contributed by atoms with Crippen LogP contribution in [0.2, 0.25) is 0 Å². The second kappa shape index (κ2) is 8.84. The monoisotopic (exact) mass is 502 g/mol. The molecular weight excluding hydrogens is 456 g/mol. The molecule has 0 saturated carbocycles. The third kappa shape index (κ3) is 3.63. The quantitative estimate of drug-likeness (QED) is 0.390. The van der Waals surface area contributed by atoms with Gasteiger partial charge in [-0.1, -0.05) is 107 Å². The van der Waals surface area contributed by atoms with Gasteiger partial charge in [0.15, 0.2) is 0 Å². The van der Waals surface area contributed by atoms with E-state index < -0.39 is 0 Å². The van der Waals surface area contributed by atoms with Gasteiger partial charge in [-0.15, -0.1) is 0 Å². The summed E-state index contributed by atoms with van der Waals surface area (Å²) in [6.45, 7) is 33.0. The van der Waals surface area contributed by atoms with Gasteiger partial charge in [-0.25, -0.2) is 0 Å². The average Bonchev–Trinajstić information content (AvgIpc) is 2.81. The number of hydrogen-bond acceptors (Lipinski definition) is 0. The van der Waals surface area contributed by atoms with Gasteiger partial charge in [0.25, 0.3) is 0 Å². The van der Waals surface area contributed by atoms with Crippen LogP contribution < -0.4 is 0 Å². The first kappa shape index (κ1) is 26.7. The largest absolute Gasteiger partial charge is 0.0955 e. The van der Waals surface area contributed by atoms with Crippen LogP contribution in [0.15, 0.2) is 95.6 Å². The zero-order valence-corrected chi connectivity index (χ0v) is 25.1. The van der Waals surface area contributed by atoms with Crippen LogP contribution in [0.4, 0.5) is 0 Å². The smallest absolute Gasteiger partial charge is 0.0194 e. The lowest BCUT2D eigenvalue weighted by molar-refractivity contribution is 0.0543. The first-order valence-electron chi connectivity index (χ1n) is 14.4. The van der Waals surface area contributed by atoms with Crippen LogP contribution in [0.25, 0.3) is 5.57 Å². The molecule has 0 spiro atoms. The van der Waals surface area contributed by atoms with Crippen LogP contribution >= 0.6 is 0 Å². The summed E-state index contributed by atoms with van der Waals surface area (Å²) in [7, 11) is 0. The molecule has 0 amide bonds. The molecule has 0 fully saturated rings. The van der Waals surface area contributed by atoms with Crippen LogP contribution in [0.5, 0.6) is 0 Å². The summed E-state index contributed by atoms with van der Waals surface area (Å²) in [5, 5.41) is 0. The predicted octanol–water partition coefficient (Wildman–Crippen LogP) is 10.5. The Morgan fingerprint density at radius 2 is 1.61 bits per heavy atom. The molecule has 198 valence electrons. The highest BCUT2D eigenvalue weighted by atomic mass is 14.6. The van der Waals surface area contributed by atoms with E-state index in [9.17, 15) is 0 Å². The second-order valence-electron chi connectivity index (χ2n) is 13.6. The molecular formula is C38H46. The summed E-state index contributed by atoms with van der Waals surface area (Å²) >= 11 is 0. The van der Waals surface area contributed by atoms with Crippen LogP contribution in [-0.2, 0) is 12.8 Å². The minimum Gasteiger partial charge on any atom is -0.0955 e. The van der Waals surface area contributed by atoms with Crippen molar-refractivity contribution in [3.05, 3.63) is 123 Å². The van der Waals surface area contributed by atoms with Gasteiger partial charge in [0.05, 0.1) is 0 Å². The van der Waals surface area contributed by atoms with E-state index in [2.05, 4.69) is 104 Å². The molecule has 0 heterocycles. The number of aryl methyl sites for hydroxylation is 1. The van der Waals surface area contributed by atoms with Crippen LogP contribution in [0, 0.1) is 23.2 Å². The molecule has 0 heteroatoms. The van der Waals surface area contributed by atoms with Crippen LogP contribution in [0.1, 0.15) is 95.0 Å². The van der Waals surface area contributed by atoms with Crippen molar-refractivity contribution < 1.29 is 0 Å². The summed E-state index contributed by atoms with van der Waals surface area (Å²) in [6.07, 6.45) is 4.38. The molecule has 4 atom stereocenters. The molecule has 0 aromatic heterocycles. The van der Waals surface area contributed by atoms with E-state index in [0.29, 0.717) is 5.92 Å². The maximum atomic E-state index is 4.85. The lowest BCUT2D eigenvalue weighted by Crippen LogP contribution is -2.52. The molecule has 3 aliphatic carbocycles. The zero-order valence-electron chi connectivity index (χ0n) is 25.1. The molecule has 0 saturated heterocycles. The van der Waals surface area contributed by atoms with Gasteiger partial charge in [0, 0.05) is 5.41 Å². The SMILES string of the molecule is C=C(C)C1=C(C)C[C@@]2(C)C[C@@]3(C)Cc4c(C(C)Cc5ccccc5)ccc(C)c4C(=C)C3=C(C)[C@@]2(C)C1=C. The molecule has 2 aromatic carbocycles. The maximum Gasteiger partial charge on any atom is 0.0194 e. The van der Waals surface area contributed by atoms with Gasteiger partial charge in [0.1, 0.15) is 0 Å². The van der Waals surface area contributed by atoms with E-state index in [0.717, 1.165) is 31.3 Å². The zero-order chi connectivity index (χ0) is 27.8. The molecule has 0 nitrogen and oxygen atoms in total. The summed E-state index contributed by atoms with van der Waals surface area (Å²) in [5.74, 6) is 0.456. The average molecular weight is 503 g/mol. The van der Waals surface area contributed by atoms with Crippen LogP contribution in [0.3, 0.4) is 0 Å². The van der Waals surface area contributed by atoms with Crippen molar-refractivity contribution in [3.8, 4) is 0 Å². The highest BCUT2D eigenvalue weighted by Crippen LogP contribution is 2.70. The van der Waals surface area contributed by atoms with Crippen molar-refractivity contribution in [1.29, 1.82) is 0 Å². The summed E-state index contributed by atoms with van der Waals surface area (Å²) in [5.41, 5.74) is 16.6. The van der Waals surface area contributed by atoms with E-state index in [1.807, 2.05) is 0 Å². The predicted molar refractivity (Wildman–Crippen MR) is 165 cm³/mol. The molecule has 0 bridgehead atoms. The van der Waals surface area contributed by atoms with E-state index in [4.69, 9.17) is 13.2 Å². The first-order valence-corrected chi connectivity index (χ1v) is 14.4. The number of rotatable bonds is 4. The Labute approximate surface area is 232 Å². The first-order chi connectivity index (χ1) is 17.7. The summed E-state index contributed by atoms with van der Waals surface area (Å²) in [6, 6.07) is 15.7. The number of hydrogen-bond donors (Lipinski definition) is 0. The van der Waals surface area contributed by atoms with Crippen molar-refractivity contribution in [2.75, 3.05) is 0 Å². The molecule has 5 rings (SSSR count). The molecule has 1 unspecified atom stereocenters. The molecule has 38 heavy (non-hydrogen) atoms. The maximum absolute atomic E-state index is 4.85. The van der Waals surface area contributed by atoms with Gasteiger partial charge < -0.3 is 0 Å². The Morgan fingerprint density at radius 1 is 0.947 bits per heavy atom. The minimum absolute atomic E-state index is 0.0543. The van der Waals surface area contributed by atoms with E-state index >= 15 is 0 Å². The van der Waals surface area contributed by atoms with Crippen molar-refractivity contribution in [2.45, 2.75) is 87.0 Å². The summed E-state index contributed by atoms with van der Waals surface area (Å²) in [4.78, 5) is 0. The highest BCUT2D eigenvalue weighted by Gasteiger charge is 2.59. The number of benzene rings is 2. The normalized spacial score (nSPS) is 29.6. The minimum atomic E-state index is -0.109.